The van der Waals surface area contributed by atoms with Crippen LogP contribution in [0.25, 0.3) is 11.1 Å². The number of nitrogens with zero attached hydrogens (tertiary/aromatic N) is 3. The summed E-state index contributed by atoms with van der Waals surface area (Å²) < 4.78 is 43.8. The highest BCUT2D eigenvalue weighted by Gasteiger charge is 2.38. The Morgan fingerprint density at radius 3 is 2.29 bits per heavy atom. The highest BCUT2D eigenvalue weighted by atomic mass is 32.2. The second-order valence-electron chi connectivity index (χ2n) is 5.84. The Bertz CT molecular complexity index is 901. The van der Waals surface area contributed by atoms with Crippen molar-refractivity contribution < 1.29 is 23.0 Å². The summed E-state index contributed by atoms with van der Waals surface area (Å²) in [6, 6.07) is 17.2. The Labute approximate surface area is 163 Å². The minimum Gasteiger partial charge on any atom is -0.491 e. The van der Waals surface area contributed by atoms with Crippen molar-refractivity contribution in [3.8, 4) is 16.9 Å². The molecule has 148 valence electrons. The fourth-order valence-corrected chi connectivity index (χ4v) is 3.12. The summed E-state index contributed by atoms with van der Waals surface area (Å²) in [5.41, 5.74) is 2.11. The molecule has 0 aliphatic rings. The van der Waals surface area contributed by atoms with E-state index in [0.717, 1.165) is 22.9 Å². The van der Waals surface area contributed by atoms with E-state index in [2.05, 4.69) is 10.2 Å². The molecule has 6 nitrogen and oxygen atoms in total. The van der Waals surface area contributed by atoms with Crippen LogP contribution in [0.3, 0.4) is 0 Å². The van der Waals surface area contributed by atoms with E-state index in [9.17, 15) is 18.3 Å². The van der Waals surface area contributed by atoms with Gasteiger partial charge in [0.2, 0.25) is 5.16 Å². The number of hydrogen-bond donors (Lipinski definition) is 2. The average Bonchev–Trinajstić information content (AvgIpc) is 3.06. The number of nitrogen functional groups attached to an aromatic ring is 1. The number of alkyl halides is 3. The van der Waals surface area contributed by atoms with Crippen LogP contribution in [0.15, 0.2) is 59.8 Å². The van der Waals surface area contributed by atoms with Gasteiger partial charge < -0.3 is 15.7 Å². The number of aliphatic hydroxyl groups is 1. The Balaban J connectivity index is 1.50. The number of aromatic nitrogens is 3. The molecule has 0 radical (unpaired) electrons. The molecule has 1 heterocycles. The first-order valence-corrected chi connectivity index (χ1v) is 9.20. The molecule has 0 fully saturated rings. The van der Waals surface area contributed by atoms with Crippen molar-refractivity contribution in [3.05, 3.63) is 60.4 Å². The molecule has 0 saturated carbocycles. The van der Waals surface area contributed by atoms with Crippen LogP contribution in [0.4, 0.5) is 13.2 Å². The molecule has 0 aliphatic heterocycles. The van der Waals surface area contributed by atoms with Gasteiger partial charge in [-0.1, -0.05) is 54.2 Å². The van der Waals surface area contributed by atoms with Gasteiger partial charge in [-0.05, 0) is 23.3 Å². The standard InChI is InChI=1S/C18H17F3N4O2S/c19-18(20,21)16-23-24-17(25(16)22)28-11-14(26)10-27-15-8-6-13(7-9-15)12-4-2-1-3-5-12/h1-9,14,26H,10-11,22H2. The van der Waals surface area contributed by atoms with Crippen molar-refractivity contribution in [2.75, 3.05) is 18.2 Å². The SMILES string of the molecule is Nn1c(SCC(O)COc2ccc(-c3ccccc3)cc2)nnc1C(F)(F)F. The maximum absolute atomic E-state index is 12.6. The van der Waals surface area contributed by atoms with Crippen molar-refractivity contribution >= 4 is 11.8 Å². The summed E-state index contributed by atoms with van der Waals surface area (Å²) in [4.78, 5) is 0. The number of hydrogen-bond acceptors (Lipinski definition) is 6. The summed E-state index contributed by atoms with van der Waals surface area (Å²) in [6.45, 7) is -0.0253. The third-order valence-corrected chi connectivity index (χ3v) is 4.81. The highest BCUT2D eigenvalue weighted by Crippen LogP contribution is 2.29. The number of halogens is 3. The molecule has 3 aromatic rings. The van der Waals surface area contributed by atoms with Gasteiger partial charge in [-0.3, -0.25) is 0 Å². The zero-order valence-corrected chi connectivity index (χ0v) is 15.3. The van der Waals surface area contributed by atoms with Gasteiger partial charge in [0.15, 0.2) is 0 Å². The molecule has 1 aromatic heterocycles. The minimum absolute atomic E-state index is 0.0253. The number of thioether (sulfide) groups is 1. The van der Waals surface area contributed by atoms with Crippen LogP contribution in [0.1, 0.15) is 5.82 Å². The Morgan fingerprint density at radius 2 is 1.68 bits per heavy atom. The quantitative estimate of drug-likeness (QED) is 0.460. The highest BCUT2D eigenvalue weighted by molar-refractivity contribution is 7.99. The number of aliphatic hydroxyl groups excluding tert-OH is 1. The van der Waals surface area contributed by atoms with E-state index in [1.54, 1.807) is 12.1 Å². The minimum atomic E-state index is -4.69. The predicted octanol–water partition coefficient (Wildman–Crippen LogP) is 3.21. The Morgan fingerprint density at radius 1 is 1.04 bits per heavy atom. The molecule has 3 rings (SSSR count). The van der Waals surface area contributed by atoms with E-state index in [0.29, 0.717) is 10.4 Å². The van der Waals surface area contributed by atoms with Crippen LogP contribution in [-0.4, -0.2) is 38.4 Å². The van der Waals surface area contributed by atoms with Crippen LogP contribution >= 0.6 is 11.8 Å². The van der Waals surface area contributed by atoms with Gasteiger partial charge in [-0.2, -0.15) is 13.2 Å². The lowest BCUT2D eigenvalue weighted by Gasteiger charge is -2.12. The first-order valence-electron chi connectivity index (χ1n) is 8.21. The van der Waals surface area contributed by atoms with Crippen molar-refractivity contribution in [1.82, 2.24) is 14.9 Å². The predicted molar refractivity (Wildman–Crippen MR) is 99.3 cm³/mol. The van der Waals surface area contributed by atoms with Crippen molar-refractivity contribution in [1.29, 1.82) is 0 Å². The van der Waals surface area contributed by atoms with Crippen molar-refractivity contribution in [2.45, 2.75) is 17.4 Å². The van der Waals surface area contributed by atoms with Gasteiger partial charge in [0.1, 0.15) is 12.4 Å². The molecule has 0 spiro atoms. The van der Waals surface area contributed by atoms with Crippen LogP contribution in [0.2, 0.25) is 0 Å². The van der Waals surface area contributed by atoms with Crippen LogP contribution < -0.4 is 10.6 Å². The lowest BCUT2D eigenvalue weighted by molar-refractivity contribution is -0.146. The second-order valence-corrected chi connectivity index (χ2v) is 6.83. The van der Waals surface area contributed by atoms with Gasteiger partial charge in [0, 0.05) is 5.75 Å². The summed E-state index contributed by atoms with van der Waals surface area (Å²) in [6.07, 6.45) is -5.61. The van der Waals surface area contributed by atoms with E-state index < -0.39 is 18.1 Å². The lowest BCUT2D eigenvalue weighted by atomic mass is 10.1. The summed E-state index contributed by atoms with van der Waals surface area (Å²) >= 11 is 0.861. The molecule has 0 bridgehead atoms. The summed E-state index contributed by atoms with van der Waals surface area (Å²) in [7, 11) is 0. The molecule has 1 atom stereocenters. The van der Waals surface area contributed by atoms with Gasteiger partial charge in [-0.25, -0.2) is 4.68 Å². The number of rotatable bonds is 7. The largest absolute Gasteiger partial charge is 0.491 e. The van der Waals surface area contributed by atoms with E-state index in [1.807, 2.05) is 42.5 Å². The maximum atomic E-state index is 12.6. The molecule has 0 aliphatic carbocycles. The first-order chi connectivity index (χ1) is 13.3. The number of ether oxygens (including phenoxy) is 1. The lowest BCUT2D eigenvalue weighted by Crippen LogP contribution is -2.23. The molecule has 0 amide bonds. The fraction of sp³-hybridized carbons (Fsp3) is 0.222. The van der Waals surface area contributed by atoms with E-state index in [1.165, 1.54) is 0 Å². The maximum Gasteiger partial charge on any atom is 0.453 e. The number of benzene rings is 2. The van der Waals surface area contributed by atoms with Gasteiger partial charge >= 0.3 is 6.18 Å². The van der Waals surface area contributed by atoms with Crippen molar-refractivity contribution in [2.24, 2.45) is 0 Å². The molecular weight excluding hydrogens is 393 g/mol. The fourth-order valence-electron chi connectivity index (χ4n) is 2.35. The normalized spacial score (nSPS) is 12.7. The first kappa shape index (κ1) is 20.0. The third-order valence-electron chi connectivity index (χ3n) is 3.73. The molecule has 3 N–H and O–H groups in total. The van der Waals surface area contributed by atoms with Crippen LogP contribution in [-0.2, 0) is 6.18 Å². The van der Waals surface area contributed by atoms with Gasteiger partial charge in [0.05, 0.1) is 6.10 Å². The van der Waals surface area contributed by atoms with Crippen LogP contribution in [0.5, 0.6) is 5.75 Å². The monoisotopic (exact) mass is 410 g/mol. The number of nitrogens with two attached hydrogens (primary N) is 1. The van der Waals surface area contributed by atoms with Gasteiger partial charge in [0.25, 0.3) is 5.82 Å². The van der Waals surface area contributed by atoms with E-state index in [-0.39, 0.29) is 17.5 Å². The Hall–Kier alpha value is -2.72. The molecule has 1 unspecified atom stereocenters. The summed E-state index contributed by atoms with van der Waals surface area (Å²) in [5.74, 6) is 4.67. The Kier molecular flexibility index (Phi) is 6.10. The van der Waals surface area contributed by atoms with Crippen molar-refractivity contribution in [3.63, 3.8) is 0 Å². The second kappa shape index (κ2) is 8.53. The van der Waals surface area contributed by atoms with Crippen LogP contribution in [0, 0.1) is 0 Å². The molecule has 10 heteroatoms. The van der Waals surface area contributed by atoms with E-state index >= 15 is 0 Å². The molecule has 28 heavy (non-hydrogen) atoms. The molecular formula is C18H17F3N4O2S. The summed E-state index contributed by atoms with van der Waals surface area (Å²) in [5, 5.41) is 16.3. The average molecular weight is 410 g/mol. The smallest absolute Gasteiger partial charge is 0.453 e. The zero-order valence-electron chi connectivity index (χ0n) is 14.5. The molecule has 2 aromatic carbocycles. The van der Waals surface area contributed by atoms with E-state index in [4.69, 9.17) is 10.6 Å². The van der Waals surface area contributed by atoms with Gasteiger partial charge in [-0.15, -0.1) is 10.2 Å². The zero-order chi connectivity index (χ0) is 20.1. The third kappa shape index (κ3) is 4.96. The topological polar surface area (TPSA) is 86.2 Å². The molecule has 0 saturated heterocycles.